The number of aliphatic hydroxyl groups excluding tert-OH is 2. The van der Waals surface area contributed by atoms with Crippen LogP contribution >= 0.6 is 7.60 Å². The fourth-order valence-electron chi connectivity index (χ4n) is 3.05. The van der Waals surface area contributed by atoms with E-state index >= 15 is 0 Å². The lowest BCUT2D eigenvalue weighted by molar-refractivity contribution is -0.147. The lowest BCUT2D eigenvalue weighted by Crippen LogP contribution is -2.34. The van der Waals surface area contributed by atoms with Crippen molar-refractivity contribution < 1.29 is 38.1 Å². The Bertz CT molecular complexity index is 929. The number of aliphatic hydroxyl groups is 2. The van der Waals surface area contributed by atoms with Crippen LogP contribution in [-0.4, -0.2) is 80.0 Å². The summed E-state index contributed by atoms with van der Waals surface area (Å²) in [5.74, 6) is -0.687. The number of carbonyl (C=O) groups excluding carboxylic acids is 1. The SMILES string of the molecule is CCOP(=O)(CC(=O)OC[C@H]1O[C@@H](n2cnc3c(N)ncnc32)[C@H](O)[C@@H]1O)OCC. The Labute approximate surface area is 171 Å². The molecular weight excluding hydrogens is 421 g/mol. The molecule has 2 aromatic rings. The first-order chi connectivity index (χ1) is 14.3. The molecule has 4 N–H and O–H groups in total. The molecule has 3 heterocycles. The minimum atomic E-state index is -3.61. The largest absolute Gasteiger partial charge is 0.462 e. The highest BCUT2D eigenvalue weighted by atomic mass is 31.2. The van der Waals surface area contributed by atoms with Gasteiger partial charge in [0.1, 0.15) is 42.9 Å². The molecule has 1 aliphatic heterocycles. The molecule has 3 rings (SSSR count). The van der Waals surface area contributed by atoms with Gasteiger partial charge in [0.2, 0.25) is 0 Å². The number of anilines is 1. The van der Waals surface area contributed by atoms with Crippen LogP contribution in [0.1, 0.15) is 20.1 Å². The maximum Gasteiger partial charge on any atom is 0.341 e. The molecule has 0 aromatic carbocycles. The molecular formula is C16H24N5O8P. The Morgan fingerprint density at radius 3 is 2.60 bits per heavy atom. The molecule has 13 nitrogen and oxygen atoms in total. The summed E-state index contributed by atoms with van der Waals surface area (Å²) in [6, 6.07) is 0. The molecule has 0 saturated carbocycles. The van der Waals surface area contributed by atoms with E-state index in [-0.39, 0.29) is 25.6 Å². The van der Waals surface area contributed by atoms with Crippen LogP contribution < -0.4 is 5.73 Å². The van der Waals surface area contributed by atoms with Crippen molar-refractivity contribution in [2.45, 2.75) is 38.4 Å². The number of hydrogen-bond donors (Lipinski definition) is 3. The van der Waals surface area contributed by atoms with Gasteiger partial charge in [-0.3, -0.25) is 13.9 Å². The number of hydrogen-bond acceptors (Lipinski definition) is 12. The van der Waals surface area contributed by atoms with Crippen molar-refractivity contribution in [3.05, 3.63) is 12.7 Å². The van der Waals surface area contributed by atoms with Crippen molar-refractivity contribution in [2.75, 3.05) is 31.7 Å². The highest BCUT2D eigenvalue weighted by Crippen LogP contribution is 2.47. The fraction of sp³-hybridized carbons (Fsp3) is 0.625. The van der Waals surface area contributed by atoms with E-state index < -0.39 is 44.3 Å². The number of aromatic nitrogens is 4. The van der Waals surface area contributed by atoms with Gasteiger partial charge in [-0.1, -0.05) is 0 Å². The van der Waals surface area contributed by atoms with Gasteiger partial charge in [-0.15, -0.1) is 0 Å². The molecule has 0 bridgehead atoms. The van der Waals surface area contributed by atoms with Crippen LogP contribution in [-0.2, 0) is 27.9 Å². The Kier molecular flexibility index (Phi) is 7.01. The Hall–Kier alpha value is -2.15. The molecule has 4 atom stereocenters. The van der Waals surface area contributed by atoms with Crippen LogP contribution in [0, 0.1) is 0 Å². The zero-order valence-corrected chi connectivity index (χ0v) is 17.3. The van der Waals surface area contributed by atoms with E-state index in [1.54, 1.807) is 13.8 Å². The predicted molar refractivity (Wildman–Crippen MR) is 102 cm³/mol. The van der Waals surface area contributed by atoms with Gasteiger partial charge in [-0.05, 0) is 13.8 Å². The summed E-state index contributed by atoms with van der Waals surface area (Å²) in [5, 5.41) is 20.7. The van der Waals surface area contributed by atoms with Crippen LogP contribution in [0.4, 0.5) is 5.82 Å². The van der Waals surface area contributed by atoms with Crippen LogP contribution in [0.3, 0.4) is 0 Å². The van der Waals surface area contributed by atoms with Crippen molar-refractivity contribution >= 4 is 30.5 Å². The minimum absolute atomic E-state index is 0.107. The molecule has 14 heteroatoms. The summed E-state index contributed by atoms with van der Waals surface area (Å²) >= 11 is 0. The first kappa shape index (κ1) is 22.5. The molecule has 0 radical (unpaired) electrons. The minimum Gasteiger partial charge on any atom is -0.462 e. The van der Waals surface area contributed by atoms with E-state index in [0.717, 1.165) is 0 Å². The fourth-order valence-corrected chi connectivity index (χ4v) is 4.51. The van der Waals surface area contributed by atoms with E-state index in [2.05, 4.69) is 15.0 Å². The lowest BCUT2D eigenvalue weighted by Gasteiger charge is -2.18. The summed E-state index contributed by atoms with van der Waals surface area (Å²) in [5.41, 5.74) is 6.38. The number of imidazole rings is 1. The monoisotopic (exact) mass is 445 g/mol. The van der Waals surface area contributed by atoms with Crippen molar-refractivity contribution in [3.8, 4) is 0 Å². The lowest BCUT2D eigenvalue weighted by atomic mass is 10.1. The second-order valence-corrected chi connectivity index (χ2v) is 8.47. The van der Waals surface area contributed by atoms with Crippen LogP contribution in [0.2, 0.25) is 0 Å². The second-order valence-electron chi connectivity index (χ2n) is 6.42. The van der Waals surface area contributed by atoms with Gasteiger partial charge in [-0.2, -0.15) is 0 Å². The Morgan fingerprint density at radius 2 is 1.93 bits per heavy atom. The average Bonchev–Trinajstić information content (AvgIpc) is 3.23. The van der Waals surface area contributed by atoms with E-state index in [9.17, 15) is 19.6 Å². The van der Waals surface area contributed by atoms with Crippen LogP contribution in [0.25, 0.3) is 11.2 Å². The number of carbonyl (C=O) groups is 1. The predicted octanol–water partition coefficient (Wildman–Crippen LogP) is -0.163. The number of esters is 1. The van der Waals surface area contributed by atoms with Gasteiger partial charge in [0.15, 0.2) is 17.7 Å². The molecule has 1 fully saturated rings. The number of nitrogen functional groups attached to an aromatic ring is 1. The van der Waals surface area contributed by atoms with Gasteiger partial charge in [-0.25, -0.2) is 15.0 Å². The number of fused-ring (bicyclic) bond motifs is 1. The number of nitrogens with zero attached hydrogens (tertiary/aromatic N) is 4. The van der Waals surface area contributed by atoms with Crippen LogP contribution in [0.5, 0.6) is 0 Å². The van der Waals surface area contributed by atoms with Gasteiger partial charge in [0.25, 0.3) is 0 Å². The maximum atomic E-state index is 12.4. The summed E-state index contributed by atoms with van der Waals surface area (Å²) in [6.07, 6.45) is -2.77. The normalized spacial score (nSPS) is 24.4. The van der Waals surface area contributed by atoms with Crippen LogP contribution in [0.15, 0.2) is 12.7 Å². The van der Waals surface area contributed by atoms with E-state index in [0.29, 0.717) is 11.2 Å². The standard InChI is InChI=1S/C16H24N5O8P/c1-3-27-30(25,28-4-2)6-10(22)26-5-9-12(23)13(24)16(29-9)21-8-20-11-14(17)18-7-19-15(11)21/h7-9,12-13,16,23-24H,3-6H2,1-2H3,(H2,17,18,19)/t9-,12-,13-,16-/m1/s1. The molecule has 166 valence electrons. The number of nitrogens with two attached hydrogens (primary N) is 1. The van der Waals surface area contributed by atoms with Crippen molar-refractivity contribution in [1.82, 2.24) is 19.5 Å². The Morgan fingerprint density at radius 1 is 1.23 bits per heavy atom. The first-order valence-corrected chi connectivity index (χ1v) is 11.0. The maximum absolute atomic E-state index is 12.4. The summed E-state index contributed by atoms with van der Waals surface area (Å²) in [4.78, 5) is 24.1. The third-order valence-electron chi connectivity index (χ3n) is 4.38. The molecule has 1 saturated heterocycles. The highest BCUT2D eigenvalue weighted by molar-refractivity contribution is 7.54. The molecule has 30 heavy (non-hydrogen) atoms. The zero-order valence-electron chi connectivity index (χ0n) is 16.4. The van der Waals surface area contributed by atoms with Gasteiger partial charge >= 0.3 is 13.6 Å². The number of ether oxygens (including phenoxy) is 2. The quantitative estimate of drug-likeness (QED) is 0.343. The van der Waals surface area contributed by atoms with Crippen molar-refractivity contribution in [1.29, 1.82) is 0 Å². The second kappa shape index (κ2) is 9.33. The molecule has 2 aromatic heterocycles. The Balaban J connectivity index is 1.65. The molecule has 0 aliphatic carbocycles. The molecule has 0 amide bonds. The van der Waals surface area contributed by atoms with E-state index in [1.165, 1.54) is 17.2 Å². The third kappa shape index (κ3) is 4.61. The zero-order chi connectivity index (χ0) is 21.9. The smallest absolute Gasteiger partial charge is 0.341 e. The molecule has 0 unspecified atom stereocenters. The van der Waals surface area contributed by atoms with E-state index in [4.69, 9.17) is 24.3 Å². The van der Waals surface area contributed by atoms with Gasteiger partial charge < -0.3 is 34.5 Å². The molecule has 1 aliphatic rings. The van der Waals surface area contributed by atoms with Gasteiger partial charge in [0.05, 0.1) is 19.5 Å². The highest BCUT2D eigenvalue weighted by Gasteiger charge is 2.45. The summed E-state index contributed by atoms with van der Waals surface area (Å²) < 4.78 is 34.6. The first-order valence-electron chi connectivity index (χ1n) is 9.28. The van der Waals surface area contributed by atoms with Gasteiger partial charge in [0, 0.05) is 0 Å². The van der Waals surface area contributed by atoms with Crippen molar-refractivity contribution in [3.63, 3.8) is 0 Å². The van der Waals surface area contributed by atoms with Crippen molar-refractivity contribution in [2.24, 2.45) is 0 Å². The third-order valence-corrected chi connectivity index (χ3v) is 6.33. The average molecular weight is 445 g/mol. The number of rotatable bonds is 9. The summed E-state index contributed by atoms with van der Waals surface area (Å²) in [7, 11) is -3.61. The molecule has 0 spiro atoms. The summed E-state index contributed by atoms with van der Waals surface area (Å²) in [6.45, 7) is 3.08. The topological polar surface area (TPSA) is 181 Å². The van der Waals surface area contributed by atoms with E-state index in [1.807, 2.05) is 0 Å².